The Morgan fingerprint density at radius 3 is 2.29 bits per heavy atom. The average Bonchev–Trinajstić information content (AvgIpc) is 2.69. The Labute approximate surface area is 163 Å². The summed E-state index contributed by atoms with van der Waals surface area (Å²) < 4.78 is 27.3. The van der Waals surface area contributed by atoms with Crippen molar-refractivity contribution in [3.8, 4) is 6.07 Å². The summed E-state index contributed by atoms with van der Waals surface area (Å²) in [6.45, 7) is 5.16. The van der Waals surface area contributed by atoms with Gasteiger partial charge >= 0.3 is 0 Å². The average molecular weight is 400 g/mol. The molecule has 0 radical (unpaired) electrons. The number of sulfonamides is 1. The molecular weight excluding hydrogens is 380 g/mol. The minimum atomic E-state index is -3.59. The first-order chi connectivity index (χ1) is 13.2. The van der Waals surface area contributed by atoms with Crippen molar-refractivity contribution in [2.24, 2.45) is 0 Å². The maximum absolute atomic E-state index is 12.9. The zero-order valence-corrected chi connectivity index (χ0v) is 16.4. The van der Waals surface area contributed by atoms with Crippen molar-refractivity contribution < 1.29 is 13.3 Å². The highest BCUT2D eigenvalue weighted by Gasteiger charge is 2.29. The molecule has 28 heavy (non-hydrogen) atoms. The molecule has 1 aliphatic heterocycles. The maximum Gasteiger partial charge on any atom is 0.270 e. The Balaban J connectivity index is 1.78. The molecule has 0 N–H and O–H groups in total. The molecule has 0 atom stereocenters. The van der Waals surface area contributed by atoms with Crippen LogP contribution in [0.5, 0.6) is 0 Å². The molecule has 1 aliphatic rings. The highest BCUT2D eigenvalue weighted by Crippen LogP contribution is 2.27. The monoisotopic (exact) mass is 400 g/mol. The first kappa shape index (κ1) is 19.8. The van der Waals surface area contributed by atoms with Crippen LogP contribution in [0.2, 0.25) is 0 Å². The molecule has 3 rings (SSSR count). The van der Waals surface area contributed by atoms with Gasteiger partial charge in [0.2, 0.25) is 10.0 Å². The first-order valence-electron chi connectivity index (χ1n) is 8.75. The van der Waals surface area contributed by atoms with Crippen molar-refractivity contribution in [2.45, 2.75) is 18.7 Å². The summed E-state index contributed by atoms with van der Waals surface area (Å²) in [4.78, 5) is 12.5. The van der Waals surface area contributed by atoms with Crippen LogP contribution in [0.1, 0.15) is 16.7 Å². The molecule has 1 fully saturated rings. The van der Waals surface area contributed by atoms with Gasteiger partial charge in [-0.2, -0.15) is 9.57 Å². The molecule has 0 spiro atoms. The van der Waals surface area contributed by atoms with E-state index in [-0.39, 0.29) is 29.2 Å². The van der Waals surface area contributed by atoms with E-state index in [0.29, 0.717) is 18.8 Å². The number of benzene rings is 2. The summed E-state index contributed by atoms with van der Waals surface area (Å²) in [5.74, 6) is 0. The lowest BCUT2D eigenvalue weighted by Crippen LogP contribution is -2.48. The minimum Gasteiger partial charge on any atom is -0.368 e. The van der Waals surface area contributed by atoms with E-state index in [2.05, 4.69) is 0 Å². The largest absolute Gasteiger partial charge is 0.368 e. The van der Waals surface area contributed by atoms with Gasteiger partial charge in [0.15, 0.2) is 0 Å². The number of nitro benzene ring substituents is 1. The Morgan fingerprint density at radius 1 is 1.04 bits per heavy atom. The summed E-state index contributed by atoms with van der Waals surface area (Å²) in [5.41, 5.74) is 2.60. The second-order valence-corrected chi connectivity index (χ2v) is 8.65. The van der Waals surface area contributed by atoms with E-state index in [4.69, 9.17) is 0 Å². The molecule has 0 aromatic heterocycles. The van der Waals surface area contributed by atoms with Crippen molar-refractivity contribution >= 4 is 21.4 Å². The normalized spacial score (nSPS) is 15.2. The fraction of sp³-hybridized carbons (Fsp3) is 0.316. The Morgan fingerprint density at radius 2 is 1.71 bits per heavy atom. The van der Waals surface area contributed by atoms with Crippen LogP contribution in [-0.2, 0) is 10.0 Å². The van der Waals surface area contributed by atoms with E-state index < -0.39 is 14.9 Å². The van der Waals surface area contributed by atoms with Crippen LogP contribution in [0.15, 0.2) is 41.3 Å². The lowest BCUT2D eigenvalue weighted by atomic mass is 10.1. The SMILES string of the molecule is Cc1ccc(S(=O)(=O)N2CCN(c3ccc([N+](=O)[O-])cc3C#N)CC2)cc1C. The highest BCUT2D eigenvalue weighted by atomic mass is 32.2. The number of anilines is 1. The highest BCUT2D eigenvalue weighted by molar-refractivity contribution is 7.89. The Hall–Kier alpha value is -2.96. The molecule has 9 heteroatoms. The number of nitrogens with zero attached hydrogens (tertiary/aromatic N) is 4. The van der Waals surface area contributed by atoms with E-state index in [1.165, 1.54) is 16.4 Å². The zero-order valence-electron chi connectivity index (χ0n) is 15.6. The summed E-state index contributed by atoms with van der Waals surface area (Å²) in [5, 5.41) is 20.2. The Kier molecular flexibility index (Phi) is 5.36. The van der Waals surface area contributed by atoms with Gasteiger partial charge in [-0.1, -0.05) is 6.07 Å². The zero-order chi connectivity index (χ0) is 20.5. The number of nitro groups is 1. The fourth-order valence-corrected chi connectivity index (χ4v) is 4.70. The van der Waals surface area contributed by atoms with Gasteiger partial charge in [0, 0.05) is 38.3 Å². The third kappa shape index (κ3) is 3.69. The van der Waals surface area contributed by atoms with Gasteiger partial charge in [-0.15, -0.1) is 0 Å². The molecule has 0 unspecified atom stereocenters. The van der Waals surface area contributed by atoms with Crippen LogP contribution < -0.4 is 4.90 Å². The van der Waals surface area contributed by atoms with E-state index in [0.717, 1.165) is 11.1 Å². The topological polar surface area (TPSA) is 108 Å². The van der Waals surface area contributed by atoms with E-state index in [1.54, 1.807) is 24.3 Å². The molecule has 2 aromatic carbocycles. The van der Waals surface area contributed by atoms with Gasteiger partial charge < -0.3 is 4.90 Å². The molecule has 8 nitrogen and oxygen atoms in total. The first-order valence-corrected chi connectivity index (χ1v) is 10.2. The van der Waals surface area contributed by atoms with Crippen molar-refractivity contribution in [3.63, 3.8) is 0 Å². The number of hydrogen-bond donors (Lipinski definition) is 0. The molecule has 146 valence electrons. The summed E-state index contributed by atoms with van der Waals surface area (Å²) in [7, 11) is -3.59. The van der Waals surface area contributed by atoms with E-state index >= 15 is 0 Å². The van der Waals surface area contributed by atoms with Gasteiger partial charge in [-0.05, 0) is 43.2 Å². The smallest absolute Gasteiger partial charge is 0.270 e. The van der Waals surface area contributed by atoms with Crippen molar-refractivity contribution in [2.75, 3.05) is 31.1 Å². The number of rotatable bonds is 4. The minimum absolute atomic E-state index is 0.142. The number of nitriles is 1. The summed E-state index contributed by atoms with van der Waals surface area (Å²) in [6.07, 6.45) is 0. The number of piperazine rings is 1. The lowest BCUT2D eigenvalue weighted by Gasteiger charge is -2.35. The van der Waals surface area contributed by atoms with Gasteiger partial charge in [-0.25, -0.2) is 8.42 Å². The van der Waals surface area contributed by atoms with Crippen LogP contribution in [0.4, 0.5) is 11.4 Å². The van der Waals surface area contributed by atoms with Crippen molar-refractivity contribution in [3.05, 3.63) is 63.2 Å². The number of aryl methyl sites for hydroxylation is 2. The maximum atomic E-state index is 12.9. The molecule has 0 aliphatic carbocycles. The van der Waals surface area contributed by atoms with E-state index in [1.807, 2.05) is 24.8 Å². The van der Waals surface area contributed by atoms with Crippen LogP contribution in [0.25, 0.3) is 0 Å². The predicted octanol–water partition coefficient (Wildman–Crippen LogP) is 2.59. The third-order valence-electron chi connectivity index (χ3n) is 5.01. The van der Waals surface area contributed by atoms with Crippen molar-refractivity contribution in [1.82, 2.24) is 4.31 Å². The second-order valence-electron chi connectivity index (χ2n) is 6.71. The molecule has 2 aromatic rings. The van der Waals surface area contributed by atoms with Gasteiger partial charge in [0.25, 0.3) is 5.69 Å². The van der Waals surface area contributed by atoms with Crippen LogP contribution in [0, 0.1) is 35.3 Å². The Bertz CT molecular complexity index is 1070. The molecular formula is C19H20N4O4S. The van der Waals surface area contributed by atoms with Crippen LogP contribution in [-0.4, -0.2) is 43.8 Å². The lowest BCUT2D eigenvalue weighted by molar-refractivity contribution is -0.384. The fourth-order valence-electron chi connectivity index (χ4n) is 3.20. The molecule has 1 saturated heterocycles. The second kappa shape index (κ2) is 7.58. The third-order valence-corrected chi connectivity index (χ3v) is 6.90. The van der Waals surface area contributed by atoms with Gasteiger partial charge in [-0.3, -0.25) is 10.1 Å². The molecule has 0 amide bonds. The summed E-state index contributed by atoms with van der Waals surface area (Å²) >= 11 is 0. The van der Waals surface area contributed by atoms with E-state index in [9.17, 15) is 23.8 Å². The molecule has 0 bridgehead atoms. The predicted molar refractivity (Wildman–Crippen MR) is 105 cm³/mol. The summed E-state index contributed by atoms with van der Waals surface area (Å²) in [6, 6.07) is 11.2. The van der Waals surface area contributed by atoms with Crippen molar-refractivity contribution in [1.29, 1.82) is 5.26 Å². The van der Waals surface area contributed by atoms with Crippen LogP contribution >= 0.6 is 0 Å². The van der Waals surface area contributed by atoms with Gasteiger partial charge in [0.05, 0.1) is 21.1 Å². The quantitative estimate of drug-likeness (QED) is 0.577. The standard InChI is InChI=1S/C19H20N4O4S/c1-14-3-5-18(11-15(14)2)28(26,27)22-9-7-21(8-10-22)19-6-4-17(23(24)25)12-16(19)13-20/h3-6,11-12H,7-10H2,1-2H3. The number of non-ortho nitro benzene ring substituents is 1. The van der Waals surface area contributed by atoms with Gasteiger partial charge in [0.1, 0.15) is 6.07 Å². The number of hydrogen-bond acceptors (Lipinski definition) is 6. The molecule has 0 saturated carbocycles. The van der Waals surface area contributed by atoms with Crippen LogP contribution in [0.3, 0.4) is 0 Å². The molecule has 1 heterocycles.